The molecule has 2 atom stereocenters. The lowest BCUT2D eigenvalue weighted by Crippen LogP contribution is -2.12. The van der Waals surface area contributed by atoms with Crippen molar-refractivity contribution in [3.05, 3.63) is 29.6 Å². The fourth-order valence-corrected chi connectivity index (χ4v) is 3.36. The minimum Gasteiger partial charge on any atom is -0.330 e. The Morgan fingerprint density at radius 2 is 2.29 bits per heavy atom. The third kappa shape index (κ3) is 1.66. The van der Waals surface area contributed by atoms with Crippen molar-refractivity contribution < 1.29 is 4.39 Å². The Morgan fingerprint density at radius 1 is 1.50 bits per heavy atom. The Labute approximate surface area is 87.9 Å². The van der Waals surface area contributed by atoms with Crippen LogP contribution >= 0.6 is 11.8 Å². The van der Waals surface area contributed by atoms with Crippen molar-refractivity contribution in [1.82, 2.24) is 0 Å². The molecule has 0 saturated carbocycles. The SMILES string of the molecule is CC1Sc2ccc(F)cc2C1CCN. The van der Waals surface area contributed by atoms with Gasteiger partial charge in [0.05, 0.1) is 0 Å². The second-order valence-electron chi connectivity index (χ2n) is 3.69. The van der Waals surface area contributed by atoms with E-state index in [9.17, 15) is 4.39 Å². The first kappa shape index (κ1) is 9.99. The van der Waals surface area contributed by atoms with Gasteiger partial charge >= 0.3 is 0 Å². The molecule has 3 heteroatoms. The normalized spacial score (nSPS) is 25.1. The molecule has 1 aromatic rings. The van der Waals surface area contributed by atoms with Gasteiger partial charge in [-0.05, 0) is 42.6 Å². The van der Waals surface area contributed by atoms with E-state index in [1.165, 1.54) is 11.0 Å². The molecule has 0 amide bonds. The fraction of sp³-hybridized carbons (Fsp3) is 0.455. The van der Waals surface area contributed by atoms with E-state index in [4.69, 9.17) is 5.73 Å². The van der Waals surface area contributed by atoms with Gasteiger partial charge in [-0.1, -0.05) is 6.92 Å². The molecule has 2 N–H and O–H groups in total. The first-order chi connectivity index (χ1) is 6.72. The van der Waals surface area contributed by atoms with Crippen LogP contribution in [0.4, 0.5) is 4.39 Å². The van der Waals surface area contributed by atoms with Crippen molar-refractivity contribution in [3.63, 3.8) is 0 Å². The van der Waals surface area contributed by atoms with E-state index in [1.54, 1.807) is 6.07 Å². The smallest absolute Gasteiger partial charge is 0.123 e. The Kier molecular flexibility index (Phi) is 2.79. The molecular formula is C11H14FNS. The van der Waals surface area contributed by atoms with Gasteiger partial charge in [0.2, 0.25) is 0 Å². The summed E-state index contributed by atoms with van der Waals surface area (Å²) >= 11 is 1.83. The molecule has 1 heterocycles. The van der Waals surface area contributed by atoms with Crippen LogP contribution in [-0.2, 0) is 0 Å². The standard InChI is InChI=1S/C11H14FNS/c1-7-9(4-5-13)10-6-8(12)2-3-11(10)14-7/h2-3,6-7,9H,4-5,13H2,1H3. The van der Waals surface area contributed by atoms with Gasteiger partial charge in [-0.15, -0.1) is 11.8 Å². The number of fused-ring (bicyclic) bond motifs is 1. The van der Waals surface area contributed by atoms with Crippen LogP contribution in [0, 0.1) is 5.82 Å². The largest absolute Gasteiger partial charge is 0.330 e. The first-order valence-electron chi connectivity index (χ1n) is 4.88. The number of thioether (sulfide) groups is 1. The Morgan fingerprint density at radius 3 is 3.00 bits per heavy atom. The summed E-state index contributed by atoms with van der Waals surface area (Å²) in [7, 11) is 0. The monoisotopic (exact) mass is 211 g/mol. The molecule has 0 aromatic heterocycles. The molecule has 1 aromatic carbocycles. The van der Waals surface area contributed by atoms with Crippen LogP contribution in [-0.4, -0.2) is 11.8 Å². The topological polar surface area (TPSA) is 26.0 Å². The number of halogens is 1. The van der Waals surface area contributed by atoms with Crippen molar-refractivity contribution in [2.45, 2.75) is 29.4 Å². The average molecular weight is 211 g/mol. The summed E-state index contributed by atoms with van der Waals surface area (Å²) < 4.78 is 13.1. The van der Waals surface area contributed by atoms with Crippen molar-refractivity contribution in [2.75, 3.05) is 6.54 Å². The summed E-state index contributed by atoms with van der Waals surface area (Å²) in [6, 6.07) is 5.07. The van der Waals surface area contributed by atoms with E-state index >= 15 is 0 Å². The van der Waals surface area contributed by atoms with Crippen molar-refractivity contribution in [2.24, 2.45) is 5.73 Å². The predicted octanol–water partition coefficient (Wildman–Crippen LogP) is 2.75. The van der Waals surface area contributed by atoms with Gasteiger partial charge in [0.1, 0.15) is 5.82 Å². The molecule has 76 valence electrons. The van der Waals surface area contributed by atoms with Crippen molar-refractivity contribution in [3.8, 4) is 0 Å². The van der Waals surface area contributed by atoms with E-state index in [2.05, 4.69) is 6.92 Å². The molecule has 0 saturated heterocycles. The van der Waals surface area contributed by atoms with Gasteiger partial charge in [0.25, 0.3) is 0 Å². The predicted molar refractivity (Wildman–Crippen MR) is 58.1 cm³/mol. The second kappa shape index (κ2) is 3.91. The van der Waals surface area contributed by atoms with Crippen LogP contribution < -0.4 is 5.73 Å². The highest BCUT2D eigenvalue weighted by Gasteiger charge is 2.29. The van der Waals surface area contributed by atoms with Gasteiger partial charge in [0.15, 0.2) is 0 Å². The van der Waals surface area contributed by atoms with Crippen LogP contribution in [0.5, 0.6) is 0 Å². The van der Waals surface area contributed by atoms with E-state index in [-0.39, 0.29) is 5.82 Å². The Balaban J connectivity index is 2.34. The molecule has 1 aliphatic heterocycles. The highest BCUT2D eigenvalue weighted by atomic mass is 32.2. The summed E-state index contributed by atoms with van der Waals surface area (Å²) in [5, 5.41) is 0.523. The number of nitrogens with two attached hydrogens (primary N) is 1. The first-order valence-corrected chi connectivity index (χ1v) is 5.76. The number of hydrogen-bond donors (Lipinski definition) is 1. The van der Waals surface area contributed by atoms with E-state index in [0.29, 0.717) is 17.7 Å². The molecule has 0 radical (unpaired) electrons. The highest BCUT2D eigenvalue weighted by Crippen LogP contribution is 2.46. The van der Waals surface area contributed by atoms with Gasteiger partial charge in [-0.3, -0.25) is 0 Å². The van der Waals surface area contributed by atoms with Crippen LogP contribution in [0.2, 0.25) is 0 Å². The molecule has 14 heavy (non-hydrogen) atoms. The molecule has 0 bridgehead atoms. The lowest BCUT2D eigenvalue weighted by Gasteiger charge is -2.13. The number of benzene rings is 1. The molecule has 2 rings (SSSR count). The van der Waals surface area contributed by atoms with Crippen LogP contribution in [0.1, 0.15) is 24.8 Å². The maximum Gasteiger partial charge on any atom is 0.123 e. The molecule has 1 aliphatic rings. The third-order valence-corrected chi connectivity index (χ3v) is 4.05. The van der Waals surface area contributed by atoms with E-state index in [0.717, 1.165) is 12.0 Å². The Hall–Kier alpha value is -0.540. The highest BCUT2D eigenvalue weighted by molar-refractivity contribution is 8.00. The minimum atomic E-state index is -0.138. The third-order valence-electron chi connectivity index (χ3n) is 2.73. The number of rotatable bonds is 2. The summed E-state index contributed by atoms with van der Waals surface area (Å²) in [6.07, 6.45) is 0.949. The molecule has 1 nitrogen and oxygen atoms in total. The molecule has 0 spiro atoms. The summed E-state index contributed by atoms with van der Waals surface area (Å²) in [5.74, 6) is 0.288. The lowest BCUT2D eigenvalue weighted by atomic mass is 9.93. The van der Waals surface area contributed by atoms with Gasteiger partial charge < -0.3 is 5.73 Å². The zero-order chi connectivity index (χ0) is 10.1. The quantitative estimate of drug-likeness (QED) is 0.814. The molecule has 0 fully saturated rings. The van der Waals surface area contributed by atoms with Gasteiger partial charge in [-0.25, -0.2) is 4.39 Å². The molecule has 0 aliphatic carbocycles. The minimum absolute atomic E-state index is 0.138. The van der Waals surface area contributed by atoms with Crippen LogP contribution in [0.15, 0.2) is 23.1 Å². The summed E-state index contributed by atoms with van der Waals surface area (Å²) in [4.78, 5) is 1.22. The maximum absolute atomic E-state index is 13.1. The lowest BCUT2D eigenvalue weighted by molar-refractivity contribution is 0.602. The van der Waals surface area contributed by atoms with Crippen molar-refractivity contribution in [1.29, 1.82) is 0 Å². The average Bonchev–Trinajstić information content (AvgIpc) is 2.45. The summed E-state index contributed by atoms with van der Waals surface area (Å²) in [6.45, 7) is 2.86. The zero-order valence-electron chi connectivity index (χ0n) is 8.16. The van der Waals surface area contributed by atoms with Crippen LogP contribution in [0.25, 0.3) is 0 Å². The van der Waals surface area contributed by atoms with Gasteiger partial charge in [-0.2, -0.15) is 0 Å². The van der Waals surface area contributed by atoms with Crippen LogP contribution in [0.3, 0.4) is 0 Å². The van der Waals surface area contributed by atoms with E-state index < -0.39 is 0 Å². The Bertz CT molecular complexity index is 340. The maximum atomic E-state index is 13.1. The number of hydrogen-bond acceptors (Lipinski definition) is 2. The second-order valence-corrected chi connectivity index (χ2v) is 5.11. The van der Waals surface area contributed by atoms with Crippen molar-refractivity contribution >= 4 is 11.8 Å². The molecule has 2 unspecified atom stereocenters. The summed E-state index contributed by atoms with van der Waals surface area (Å²) in [5.41, 5.74) is 6.71. The fourth-order valence-electron chi connectivity index (χ4n) is 2.02. The van der Waals surface area contributed by atoms with Gasteiger partial charge in [0, 0.05) is 10.1 Å². The zero-order valence-corrected chi connectivity index (χ0v) is 8.98. The van der Waals surface area contributed by atoms with E-state index in [1.807, 2.05) is 17.8 Å². The molecular weight excluding hydrogens is 197 g/mol.